The fourth-order valence-corrected chi connectivity index (χ4v) is 6.54. The van der Waals surface area contributed by atoms with Crippen LogP contribution in [0.1, 0.15) is 43.2 Å². The summed E-state index contributed by atoms with van der Waals surface area (Å²) in [5, 5.41) is 0. The molecule has 34 heavy (non-hydrogen) atoms. The first-order valence-electron chi connectivity index (χ1n) is 12.5. The van der Waals surface area contributed by atoms with Crippen LogP contribution >= 0.6 is 0 Å². The Kier molecular flexibility index (Phi) is 8.64. The van der Waals surface area contributed by atoms with Gasteiger partial charge in [-0.1, -0.05) is 48.9 Å². The van der Waals surface area contributed by atoms with Gasteiger partial charge in [0, 0.05) is 25.4 Å². The first-order valence-corrected chi connectivity index (χ1v) is 14.1. The zero-order valence-corrected chi connectivity index (χ0v) is 21.1. The Balaban J connectivity index is 1.31. The highest BCUT2D eigenvalue weighted by atomic mass is 32.2. The van der Waals surface area contributed by atoms with Crippen LogP contribution in [0, 0.1) is 0 Å². The van der Waals surface area contributed by atoms with Crippen molar-refractivity contribution in [1.82, 2.24) is 4.90 Å². The van der Waals surface area contributed by atoms with Crippen molar-refractivity contribution in [2.45, 2.75) is 50.0 Å². The fraction of sp³-hybridized carbons (Fsp3) is 0.556. The molecule has 0 radical (unpaired) electrons. The van der Waals surface area contributed by atoms with Crippen molar-refractivity contribution in [3.8, 4) is 0 Å². The van der Waals surface area contributed by atoms with Crippen LogP contribution < -0.4 is 4.72 Å². The van der Waals surface area contributed by atoms with E-state index < -0.39 is 10.0 Å². The third kappa shape index (κ3) is 6.60. The van der Waals surface area contributed by atoms with Gasteiger partial charge >= 0.3 is 0 Å². The molecule has 1 heterocycles. The van der Waals surface area contributed by atoms with Gasteiger partial charge in [-0.3, -0.25) is 9.62 Å². The summed E-state index contributed by atoms with van der Waals surface area (Å²) in [5.41, 5.74) is 3.38. The number of nitrogens with one attached hydrogen (secondary N) is 1. The molecule has 0 spiro atoms. The van der Waals surface area contributed by atoms with Gasteiger partial charge in [-0.15, -0.1) is 0 Å². The van der Waals surface area contributed by atoms with Crippen molar-refractivity contribution in [1.29, 1.82) is 0 Å². The summed E-state index contributed by atoms with van der Waals surface area (Å²) in [6, 6.07) is 19.1. The lowest BCUT2D eigenvalue weighted by Gasteiger charge is -2.51. The van der Waals surface area contributed by atoms with Crippen molar-refractivity contribution in [3.05, 3.63) is 65.7 Å². The van der Waals surface area contributed by atoms with Crippen LogP contribution in [0.2, 0.25) is 0 Å². The maximum atomic E-state index is 12.3. The minimum atomic E-state index is -3.41. The van der Waals surface area contributed by atoms with Gasteiger partial charge in [0.1, 0.15) is 0 Å². The Hall–Kier alpha value is -1.93. The van der Waals surface area contributed by atoms with Gasteiger partial charge in [0.25, 0.3) is 0 Å². The molecule has 7 heteroatoms. The van der Waals surface area contributed by atoms with E-state index in [0.29, 0.717) is 11.7 Å². The number of sulfonamides is 1. The molecule has 1 saturated heterocycles. The Morgan fingerprint density at radius 3 is 2.74 bits per heavy atom. The van der Waals surface area contributed by atoms with Gasteiger partial charge in [-0.25, -0.2) is 8.42 Å². The summed E-state index contributed by atoms with van der Waals surface area (Å²) >= 11 is 0. The van der Waals surface area contributed by atoms with Gasteiger partial charge in [-0.05, 0) is 67.3 Å². The topological polar surface area (TPSA) is 67.9 Å². The first kappa shape index (κ1) is 25.2. The van der Waals surface area contributed by atoms with E-state index in [1.54, 1.807) is 0 Å². The molecule has 2 bridgehead atoms. The Bertz CT molecular complexity index is 1010. The zero-order chi connectivity index (χ0) is 23.9. The minimum absolute atomic E-state index is 0.0384. The minimum Gasteiger partial charge on any atom is -0.384 e. The molecule has 1 aliphatic heterocycles. The molecule has 6 nitrogen and oxygen atoms in total. The molecular weight excluding hydrogens is 448 g/mol. The number of ether oxygens (including phenoxy) is 2. The number of hydrogen-bond acceptors (Lipinski definition) is 5. The van der Waals surface area contributed by atoms with Crippen LogP contribution in [0.25, 0.3) is 0 Å². The lowest BCUT2D eigenvalue weighted by atomic mass is 9.63. The van der Waals surface area contributed by atoms with Gasteiger partial charge in [0.2, 0.25) is 10.0 Å². The van der Waals surface area contributed by atoms with Gasteiger partial charge < -0.3 is 9.47 Å². The van der Waals surface area contributed by atoms with E-state index >= 15 is 0 Å². The average Bonchev–Trinajstić information content (AvgIpc) is 2.85. The second kappa shape index (κ2) is 11.7. The van der Waals surface area contributed by atoms with Crippen molar-refractivity contribution in [2.24, 2.45) is 0 Å². The van der Waals surface area contributed by atoms with E-state index in [4.69, 9.17) is 9.47 Å². The summed E-state index contributed by atoms with van der Waals surface area (Å²) in [6.07, 6.45) is 6.81. The number of rotatable bonds is 12. The summed E-state index contributed by atoms with van der Waals surface area (Å²) in [6.45, 7) is 3.77. The molecule has 2 aromatic carbocycles. The molecule has 4 rings (SSSR count). The lowest BCUT2D eigenvalue weighted by Crippen LogP contribution is -2.52. The van der Waals surface area contributed by atoms with Gasteiger partial charge in [-0.2, -0.15) is 0 Å². The molecule has 186 valence electrons. The molecule has 1 saturated carbocycles. The van der Waals surface area contributed by atoms with Gasteiger partial charge in [0.05, 0.1) is 25.6 Å². The van der Waals surface area contributed by atoms with E-state index in [0.717, 1.165) is 45.6 Å². The first-order chi connectivity index (χ1) is 16.5. The molecule has 2 atom stereocenters. The number of anilines is 1. The van der Waals surface area contributed by atoms with Gasteiger partial charge in [0.15, 0.2) is 0 Å². The third-order valence-electron chi connectivity index (χ3n) is 7.42. The van der Waals surface area contributed by atoms with Crippen LogP contribution in [0.3, 0.4) is 0 Å². The van der Waals surface area contributed by atoms with E-state index in [-0.39, 0.29) is 17.8 Å². The second-order valence-corrected chi connectivity index (χ2v) is 11.5. The average molecular weight is 487 g/mol. The molecule has 1 N–H and O–H groups in total. The number of likely N-dealkylation sites (tertiary alicyclic amines) is 1. The van der Waals surface area contributed by atoms with Crippen LogP contribution in [-0.2, 0) is 31.3 Å². The summed E-state index contributed by atoms with van der Waals surface area (Å²) in [7, 11) is -1.89. The number of hydrogen-bond donors (Lipinski definition) is 1. The number of fused-ring (bicyclic) bond motifs is 2. The predicted octanol–water partition coefficient (Wildman–Crippen LogP) is 4.22. The third-order valence-corrected chi connectivity index (χ3v) is 8.67. The molecule has 2 aromatic rings. The highest BCUT2D eigenvalue weighted by Gasteiger charge is 2.43. The number of benzene rings is 2. The normalized spacial score (nSPS) is 23.0. The summed E-state index contributed by atoms with van der Waals surface area (Å²) in [5.74, 6) is -0.0384. The monoisotopic (exact) mass is 486 g/mol. The van der Waals surface area contributed by atoms with E-state index in [1.165, 1.54) is 37.5 Å². The zero-order valence-electron chi connectivity index (χ0n) is 20.2. The van der Waals surface area contributed by atoms with Crippen LogP contribution in [0.5, 0.6) is 0 Å². The Morgan fingerprint density at radius 1 is 1.06 bits per heavy atom. The van der Waals surface area contributed by atoms with Crippen LogP contribution in [0.4, 0.5) is 5.69 Å². The van der Waals surface area contributed by atoms with E-state index in [1.807, 2.05) is 18.2 Å². The SMILES string of the molecule is COCCS(=O)(=O)Nc1cccc(C23CCCC(C2)N(CCOCCc2ccccc2)CC3)c1. The highest BCUT2D eigenvalue weighted by molar-refractivity contribution is 7.92. The number of piperidine rings is 1. The summed E-state index contributed by atoms with van der Waals surface area (Å²) < 4.78 is 38.3. The Morgan fingerprint density at radius 2 is 1.91 bits per heavy atom. The summed E-state index contributed by atoms with van der Waals surface area (Å²) in [4.78, 5) is 2.61. The quantitative estimate of drug-likeness (QED) is 0.455. The molecule has 0 aromatic heterocycles. The van der Waals surface area contributed by atoms with E-state index in [9.17, 15) is 8.42 Å². The maximum Gasteiger partial charge on any atom is 0.234 e. The number of nitrogens with zero attached hydrogens (tertiary/aromatic N) is 1. The smallest absolute Gasteiger partial charge is 0.234 e. The molecule has 2 unspecified atom stereocenters. The van der Waals surface area contributed by atoms with Crippen LogP contribution in [-0.4, -0.2) is 65.1 Å². The maximum absolute atomic E-state index is 12.3. The van der Waals surface area contributed by atoms with Crippen molar-refractivity contribution < 1.29 is 17.9 Å². The predicted molar refractivity (Wildman–Crippen MR) is 137 cm³/mol. The Labute approximate surface area is 204 Å². The fourth-order valence-electron chi connectivity index (χ4n) is 5.57. The number of methoxy groups -OCH3 is 1. The van der Waals surface area contributed by atoms with Crippen molar-refractivity contribution in [3.63, 3.8) is 0 Å². The lowest BCUT2D eigenvalue weighted by molar-refractivity contribution is 0.0245. The molecule has 2 aliphatic rings. The molecular formula is C27H38N2O4S. The highest BCUT2D eigenvalue weighted by Crippen LogP contribution is 2.47. The van der Waals surface area contributed by atoms with Crippen molar-refractivity contribution >= 4 is 15.7 Å². The standard InChI is InChI=1S/C27H38N2O4S/c1-32-19-20-34(30,31)28-25-10-5-9-24(21-25)27-13-6-11-26(22-27)29(15-14-27)16-18-33-17-12-23-7-3-2-4-8-23/h2-5,7-10,21,26,28H,6,11-20,22H2,1H3. The molecule has 0 amide bonds. The largest absolute Gasteiger partial charge is 0.384 e. The van der Waals surface area contributed by atoms with Crippen molar-refractivity contribution in [2.75, 3.05) is 50.5 Å². The van der Waals surface area contributed by atoms with E-state index in [2.05, 4.69) is 46.0 Å². The second-order valence-electron chi connectivity index (χ2n) is 9.66. The van der Waals surface area contributed by atoms with Crippen LogP contribution in [0.15, 0.2) is 54.6 Å². The molecule has 1 aliphatic carbocycles. The molecule has 2 fully saturated rings.